The van der Waals surface area contributed by atoms with Crippen molar-refractivity contribution in [3.63, 3.8) is 0 Å². The summed E-state index contributed by atoms with van der Waals surface area (Å²) in [5.74, 6) is -0.0326. The molecule has 5 heteroatoms. The summed E-state index contributed by atoms with van der Waals surface area (Å²) in [4.78, 5) is 26.7. The minimum atomic E-state index is -0.493. The van der Waals surface area contributed by atoms with Gasteiger partial charge in [0.2, 0.25) is 5.91 Å². The first-order valence-corrected chi connectivity index (χ1v) is 6.84. The van der Waals surface area contributed by atoms with E-state index in [-0.39, 0.29) is 24.0 Å². The lowest BCUT2D eigenvalue weighted by atomic mass is 9.89. The van der Waals surface area contributed by atoms with E-state index in [1.54, 1.807) is 23.9 Å². The summed E-state index contributed by atoms with van der Waals surface area (Å²) in [6.07, 6.45) is -0.340. The molecule has 112 valence electrons. The molecule has 0 aromatic heterocycles. The molecule has 0 bridgehead atoms. The summed E-state index contributed by atoms with van der Waals surface area (Å²) in [7, 11) is 3.45. The van der Waals surface area contributed by atoms with Gasteiger partial charge in [-0.25, -0.2) is 4.79 Å². The third kappa shape index (κ3) is 4.73. The molecule has 0 aliphatic carbocycles. The number of carbonyl (C=O) groups is 2. The van der Waals surface area contributed by atoms with E-state index >= 15 is 0 Å². The Hall–Kier alpha value is -1.26. The SMILES string of the molecule is CC.CC1C(C(=O)N(C)C)CN1C(=O)OC(C)(C)C. The molecule has 5 nitrogen and oxygen atoms in total. The zero-order chi connectivity index (χ0) is 15.4. The Bertz CT molecular complexity index is 321. The molecule has 19 heavy (non-hydrogen) atoms. The molecule has 0 aromatic rings. The molecule has 1 rings (SSSR count). The van der Waals surface area contributed by atoms with E-state index in [1.807, 2.05) is 41.5 Å². The first kappa shape index (κ1) is 17.7. The third-order valence-electron chi connectivity index (χ3n) is 2.85. The van der Waals surface area contributed by atoms with Crippen LogP contribution in [0.25, 0.3) is 0 Å². The molecule has 0 saturated carbocycles. The van der Waals surface area contributed by atoms with Gasteiger partial charge in [-0.05, 0) is 27.7 Å². The molecule has 2 unspecified atom stereocenters. The molecule has 0 aromatic carbocycles. The molecular formula is C14H28N2O3. The van der Waals surface area contributed by atoms with E-state index in [9.17, 15) is 9.59 Å². The first-order valence-electron chi connectivity index (χ1n) is 6.84. The summed E-state index contributed by atoms with van der Waals surface area (Å²) in [6.45, 7) is 11.8. The van der Waals surface area contributed by atoms with Gasteiger partial charge >= 0.3 is 6.09 Å². The van der Waals surface area contributed by atoms with E-state index in [0.29, 0.717) is 6.54 Å². The van der Waals surface area contributed by atoms with Crippen LogP contribution < -0.4 is 0 Å². The lowest BCUT2D eigenvalue weighted by Crippen LogP contribution is -2.62. The fourth-order valence-corrected chi connectivity index (χ4v) is 1.79. The van der Waals surface area contributed by atoms with E-state index in [4.69, 9.17) is 4.74 Å². The van der Waals surface area contributed by atoms with Gasteiger partial charge in [0.05, 0.1) is 5.92 Å². The predicted molar refractivity (Wildman–Crippen MR) is 75.9 cm³/mol. The van der Waals surface area contributed by atoms with Gasteiger partial charge in [-0.1, -0.05) is 13.8 Å². The number of nitrogens with zero attached hydrogens (tertiary/aromatic N) is 2. The van der Waals surface area contributed by atoms with Gasteiger partial charge < -0.3 is 14.5 Å². The van der Waals surface area contributed by atoms with Crippen molar-refractivity contribution in [2.75, 3.05) is 20.6 Å². The molecule has 1 saturated heterocycles. The normalized spacial score (nSPS) is 21.8. The lowest BCUT2D eigenvalue weighted by molar-refractivity contribution is -0.141. The zero-order valence-electron chi connectivity index (χ0n) is 13.5. The maximum Gasteiger partial charge on any atom is 0.410 e. The van der Waals surface area contributed by atoms with Crippen LogP contribution in [0.3, 0.4) is 0 Å². The Morgan fingerprint density at radius 1 is 1.21 bits per heavy atom. The van der Waals surface area contributed by atoms with Crippen LogP contribution in [-0.2, 0) is 9.53 Å². The van der Waals surface area contributed by atoms with Crippen LogP contribution in [0.5, 0.6) is 0 Å². The highest BCUT2D eigenvalue weighted by Crippen LogP contribution is 2.27. The molecule has 2 atom stereocenters. The Labute approximate surface area is 116 Å². The molecule has 0 radical (unpaired) electrons. The minimum absolute atomic E-state index is 0.0670. The molecule has 1 aliphatic rings. The number of rotatable bonds is 1. The van der Waals surface area contributed by atoms with Gasteiger partial charge in [0.15, 0.2) is 0 Å². The van der Waals surface area contributed by atoms with Crippen molar-refractivity contribution in [2.45, 2.75) is 53.2 Å². The van der Waals surface area contributed by atoms with Crippen LogP contribution in [0, 0.1) is 5.92 Å². The van der Waals surface area contributed by atoms with Gasteiger partial charge in [0.25, 0.3) is 0 Å². The number of carbonyl (C=O) groups excluding carboxylic acids is 2. The van der Waals surface area contributed by atoms with Gasteiger partial charge in [0, 0.05) is 26.7 Å². The van der Waals surface area contributed by atoms with Crippen molar-refractivity contribution in [2.24, 2.45) is 5.92 Å². The van der Waals surface area contributed by atoms with Crippen LogP contribution in [0.4, 0.5) is 4.79 Å². The van der Waals surface area contributed by atoms with Gasteiger partial charge in [-0.15, -0.1) is 0 Å². The van der Waals surface area contributed by atoms with Gasteiger partial charge in [-0.3, -0.25) is 4.79 Å². The average Bonchev–Trinajstić information content (AvgIpc) is 2.27. The third-order valence-corrected chi connectivity index (χ3v) is 2.85. The fraction of sp³-hybridized carbons (Fsp3) is 0.857. The van der Waals surface area contributed by atoms with Crippen molar-refractivity contribution in [3.8, 4) is 0 Å². The van der Waals surface area contributed by atoms with Crippen molar-refractivity contribution in [3.05, 3.63) is 0 Å². The Kier molecular flexibility index (Phi) is 6.33. The summed E-state index contributed by atoms with van der Waals surface area (Å²) >= 11 is 0. The van der Waals surface area contributed by atoms with E-state index in [2.05, 4.69) is 0 Å². The van der Waals surface area contributed by atoms with Crippen molar-refractivity contribution < 1.29 is 14.3 Å². The highest BCUT2D eigenvalue weighted by atomic mass is 16.6. The van der Waals surface area contributed by atoms with Crippen molar-refractivity contribution >= 4 is 12.0 Å². The second-order valence-corrected chi connectivity index (χ2v) is 5.71. The second kappa shape index (κ2) is 6.78. The number of hydrogen-bond donors (Lipinski definition) is 0. The van der Waals surface area contributed by atoms with Crippen LogP contribution >= 0.6 is 0 Å². The van der Waals surface area contributed by atoms with E-state index in [1.165, 1.54) is 0 Å². The van der Waals surface area contributed by atoms with Crippen LogP contribution in [0.15, 0.2) is 0 Å². The molecule has 1 aliphatic heterocycles. The van der Waals surface area contributed by atoms with E-state index < -0.39 is 5.60 Å². The average molecular weight is 272 g/mol. The molecule has 0 N–H and O–H groups in total. The zero-order valence-corrected chi connectivity index (χ0v) is 13.5. The number of ether oxygens (including phenoxy) is 1. The van der Waals surface area contributed by atoms with Crippen LogP contribution in [-0.4, -0.2) is 54.1 Å². The van der Waals surface area contributed by atoms with Crippen molar-refractivity contribution in [1.82, 2.24) is 9.80 Å². The standard InChI is InChI=1S/C12H22N2O3.C2H6/c1-8-9(10(15)13(5)6)7-14(8)11(16)17-12(2,3)4;1-2/h8-9H,7H2,1-6H3;1-2H3. The Morgan fingerprint density at radius 2 is 1.68 bits per heavy atom. The highest BCUT2D eigenvalue weighted by molar-refractivity contribution is 5.83. The molecule has 1 fully saturated rings. The maximum absolute atomic E-state index is 11.8. The minimum Gasteiger partial charge on any atom is -0.444 e. The second-order valence-electron chi connectivity index (χ2n) is 5.71. The molecule has 0 spiro atoms. The summed E-state index contributed by atoms with van der Waals surface area (Å²) in [5.41, 5.74) is -0.493. The highest BCUT2D eigenvalue weighted by Gasteiger charge is 2.45. The topological polar surface area (TPSA) is 49.9 Å². The van der Waals surface area contributed by atoms with Crippen LogP contribution in [0.2, 0.25) is 0 Å². The van der Waals surface area contributed by atoms with Gasteiger partial charge in [0.1, 0.15) is 5.60 Å². The summed E-state index contributed by atoms with van der Waals surface area (Å²) in [6, 6.07) is -0.0836. The summed E-state index contributed by atoms with van der Waals surface area (Å²) < 4.78 is 5.26. The quantitative estimate of drug-likeness (QED) is 0.736. The molecule has 1 heterocycles. The molecule has 2 amide bonds. The first-order chi connectivity index (χ1) is 8.63. The predicted octanol–water partition coefficient (Wildman–Crippen LogP) is 2.36. The molecular weight excluding hydrogens is 244 g/mol. The van der Waals surface area contributed by atoms with Crippen LogP contribution in [0.1, 0.15) is 41.5 Å². The Morgan fingerprint density at radius 3 is 2.00 bits per heavy atom. The van der Waals surface area contributed by atoms with E-state index in [0.717, 1.165) is 0 Å². The van der Waals surface area contributed by atoms with Crippen molar-refractivity contribution in [1.29, 1.82) is 0 Å². The lowest BCUT2D eigenvalue weighted by Gasteiger charge is -2.45. The number of amides is 2. The Balaban J connectivity index is 0.00000154. The number of likely N-dealkylation sites (tertiary alicyclic amines) is 1. The largest absolute Gasteiger partial charge is 0.444 e. The maximum atomic E-state index is 11.8. The smallest absolute Gasteiger partial charge is 0.410 e. The fourth-order valence-electron chi connectivity index (χ4n) is 1.79. The number of hydrogen-bond acceptors (Lipinski definition) is 3. The monoisotopic (exact) mass is 272 g/mol. The van der Waals surface area contributed by atoms with Gasteiger partial charge in [-0.2, -0.15) is 0 Å². The summed E-state index contributed by atoms with van der Waals surface area (Å²) in [5, 5.41) is 0.